The van der Waals surface area contributed by atoms with Crippen molar-refractivity contribution in [2.24, 2.45) is 5.73 Å². The lowest BCUT2D eigenvalue weighted by atomic mass is 10.1. The number of nitrogens with one attached hydrogen (secondary N) is 4. The molecule has 7 N–H and O–H groups in total. The minimum Gasteiger partial charge on any atom is -0.339 e. The Kier molecular flexibility index (Phi) is 8.15. The number of rotatable bonds is 7. The fourth-order valence-corrected chi connectivity index (χ4v) is 3.20. The van der Waals surface area contributed by atoms with E-state index in [1.54, 1.807) is 24.3 Å². The van der Waals surface area contributed by atoms with E-state index in [2.05, 4.69) is 39.9 Å². The van der Waals surface area contributed by atoms with Crippen LogP contribution in [0, 0.1) is 11.8 Å². The molecule has 2 atom stereocenters. The quantitative estimate of drug-likeness (QED) is 0.214. The lowest BCUT2D eigenvalue weighted by molar-refractivity contribution is -0.130. The second-order valence-electron chi connectivity index (χ2n) is 7.33. The van der Waals surface area contributed by atoms with Gasteiger partial charge in [0.1, 0.15) is 6.04 Å². The number of carbonyl (C=O) groups is 2. The van der Waals surface area contributed by atoms with Crippen molar-refractivity contribution in [3.63, 3.8) is 0 Å². The van der Waals surface area contributed by atoms with Gasteiger partial charge >= 0.3 is 0 Å². The Bertz CT molecular complexity index is 942. The molecule has 162 valence electrons. The van der Waals surface area contributed by atoms with Crippen LogP contribution in [-0.4, -0.2) is 48.7 Å². The van der Waals surface area contributed by atoms with Gasteiger partial charge in [0.25, 0.3) is 11.8 Å². The molecule has 0 bridgehead atoms. The van der Waals surface area contributed by atoms with E-state index >= 15 is 0 Å². The average Bonchev–Trinajstić information content (AvgIpc) is 3.34. The van der Waals surface area contributed by atoms with Gasteiger partial charge in [-0.05, 0) is 54.9 Å². The van der Waals surface area contributed by atoms with Crippen LogP contribution in [0.15, 0.2) is 48.5 Å². The fourth-order valence-electron chi connectivity index (χ4n) is 3.20. The van der Waals surface area contributed by atoms with Crippen LogP contribution in [0.2, 0.25) is 0 Å². The van der Waals surface area contributed by atoms with Gasteiger partial charge in [0.15, 0.2) is 0 Å². The molecule has 2 aromatic rings. The van der Waals surface area contributed by atoms with E-state index in [-0.39, 0.29) is 6.54 Å². The van der Waals surface area contributed by atoms with Crippen LogP contribution in [0.4, 0.5) is 0 Å². The number of benzene rings is 2. The SMILES string of the molecule is NC[C@H](NC(=O)c1ccc(C#Cc2ccc(CNC3CCNC3)cc2)cc1)C(=O)NO. The van der Waals surface area contributed by atoms with Gasteiger partial charge in [0.05, 0.1) is 0 Å². The minimum absolute atomic E-state index is 0.131. The average molecular weight is 422 g/mol. The molecule has 2 amide bonds. The van der Waals surface area contributed by atoms with Gasteiger partial charge in [0.2, 0.25) is 0 Å². The van der Waals surface area contributed by atoms with E-state index in [4.69, 9.17) is 10.9 Å². The third-order valence-electron chi connectivity index (χ3n) is 5.08. The zero-order valence-electron chi connectivity index (χ0n) is 17.2. The highest BCUT2D eigenvalue weighted by atomic mass is 16.5. The molecule has 1 heterocycles. The monoisotopic (exact) mass is 421 g/mol. The maximum absolute atomic E-state index is 12.2. The topological polar surface area (TPSA) is 129 Å². The third kappa shape index (κ3) is 6.64. The van der Waals surface area contributed by atoms with Crippen LogP contribution in [0.25, 0.3) is 0 Å². The first-order chi connectivity index (χ1) is 15.1. The normalized spacial score (nSPS) is 16.1. The summed E-state index contributed by atoms with van der Waals surface area (Å²) in [5, 5.41) is 18.0. The molecule has 0 spiro atoms. The Labute approximate surface area is 181 Å². The van der Waals surface area contributed by atoms with Crippen LogP contribution < -0.4 is 27.2 Å². The van der Waals surface area contributed by atoms with E-state index < -0.39 is 17.9 Å². The zero-order chi connectivity index (χ0) is 22.1. The molecule has 2 aromatic carbocycles. The van der Waals surface area contributed by atoms with Gasteiger partial charge in [-0.25, -0.2) is 5.48 Å². The molecule has 8 nitrogen and oxygen atoms in total. The van der Waals surface area contributed by atoms with Gasteiger partial charge in [-0.2, -0.15) is 0 Å². The molecule has 0 aliphatic carbocycles. The third-order valence-corrected chi connectivity index (χ3v) is 5.08. The van der Waals surface area contributed by atoms with Crippen molar-refractivity contribution >= 4 is 11.8 Å². The van der Waals surface area contributed by atoms with Gasteiger partial charge in [-0.3, -0.25) is 14.8 Å². The number of carbonyl (C=O) groups excluding carboxylic acids is 2. The molecule has 0 radical (unpaired) electrons. The maximum atomic E-state index is 12.2. The summed E-state index contributed by atoms with van der Waals surface area (Å²) in [6, 6.07) is 14.4. The van der Waals surface area contributed by atoms with Crippen molar-refractivity contribution in [2.75, 3.05) is 19.6 Å². The molecule has 1 saturated heterocycles. The first-order valence-electron chi connectivity index (χ1n) is 10.2. The second kappa shape index (κ2) is 11.2. The van der Waals surface area contributed by atoms with Crippen molar-refractivity contribution in [3.8, 4) is 11.8 Å². The molecule has 8 heteroatoms. The van der Waals surface area contributed by atoms with Gasteiger partial charge in [-0.1, -0.05) is 24.0 Å². The van der Waals surface area contributed by atoms with Crippen molar-refractivity contribution in [3.05, 3.63) is 70.8 Å². The highest BCUT2D eigenvalue weighted by Gasteiger charge is 2.19. The number of hydroxylamine groups is 1. The molecule has 1 aliphatic rings. The molecule has 0 aromatic heterocycles. The largest absolute Gasteiger partial charge is 0.339 e. The number of hydrogen-bond acceptors (Lipinski definition) is 6. The van der Waals surface area contributed by atoms with Gasteiger partial charge < -0.3 is 21.7 Å². The Morgan fingerprint density at radius 3 is 2.29 bits per heavy atom. The molecule has 1 aliphatic heterocycles. The zero-order valence-corrected chi connectivity index (χ0v) is 17.2. The molecule has 31 heavy (non-hydrogen) atoms. The lowest BCUT2D eigenvalue weighted by Crippen LogP contribution is -2.50. The molecular weight excluding hydrogens is 394 g/mol. The molecule has 1 unspecified atom stereocenters. The summed E-state index contributed by atoms with van der Waals surface area (Å²) >= 11 is 0. The summed E-state index contributed by atoms with van der Waals surface area (Å²) < 4.78 is 0. The van der Waals surface area contributed by atoms with Crippen molar-refractivity contribution < 1.29 is 14.8 Å². The Morgan fingerprint density at radius 1 is 1.10 bits per heavy atom. The van der Waals surface area contributed by atoms with Crippen LogP contribution in [-0.2, 0) is 11.3 Å². The van der Waals surface area contributed by atoms with Crippen LogP contribution in [0.3, 0.4) is 0 Å². The van der Waals surface area contributed by atoms with E-state index in [0.29, 0.717) is 11.6 Å². The van der Waals surface area contributed by atoms with Crippen LogP contribution in [0.1, 0.15) is 33.5 Å². The molecule has 0 saturated carbocycles. The predicted octanol–water partition coefficient (Wildman–Crippen LogP) is 0.100. The van der Waals surface area contributed by atoms with Gasteiger partial charge in [-0.15, -0.1) is 0 Å². The Balaban J connectivity index is 1.55. The maximum Gasteiger partial charge on any atom is 0.267 e. The molecular formula is C23H27N5O3. The van der Waals surface area contributed by atoms with Crippen molar-refractivity contribution in [1.82, 2.24) is 21.4 Å². The highest BCUT2D eigenvalue weighted by Crippen LogP contribution is 2.07. The number of nitrogens with two attached hydrogens (primary N) is 1. The Hall–Kier alpha value is -3.22. The molecule has 3 rings (SSSR count). The summed E-state index contributed by atoms with van der Waals surface area (Å²) in [6.45, 7) is 2.81. The Morgan fingerprint density at radius 2 is 1.74 bits per heavy atom. The summed E-state index contributed by atoms with van der Waals surface area (Å²) in [4.78, 5) is 23.6. The van der Waals surface area contributed by atoms with Gasteiger partial charge in [0, 0.05) is 42.4 Å². The highest BCUT2D eigenvalue weighted by molar-refractivity contribution is 5.97. The first-order valence-corrected chi connectivity index (χ1v) is 10.2. The fraction of sp³-hybridized carbons (Fsp3) is 0.304. The van der Waals surface area contributed by atoms with Crippen molar-refractivity contribution in [2.45, 2.75) is 25.0 Å². The van der Waals surface area contributed by atoms with E-state index in [0.717, 1.165) is 37.2 Å². The second-order valence-corrected chi connectivity index (χ2v) is 7.33. The summed E-state index contributed by atoms with van der Waals surface area (Å²) in [6.07, 6.45) is 1.16. The van der Waals surface area contributed by atoms with Crippen molar-refractivity contribution in [1.29, 1.82) is 0 Å². The predicted molar refractivity (Wildman–Crippen MR) is 117 cm³/mol. The summed E-state index contributed by atoms with van der Waals surface area (Å²) in [7, 11) is 0. The summed E-state index contributed by atoms with van der Waals surface area (Å²) in [5.74, 6) is 4.97. The van der Waals surface area contributed by atoms with E-state index in [1.807, 2.05) is 12.1 Å². The van der Waals surface area contributed by atoms with E-state index in [1.165, 1.54) is 11.0 Å². The smallest absolute Gasteiger partial charge is 0.267 e. The lowest BCUT2D eigenvalue weighted by Gasteiger charge is -2.14. The number of hydrogen-bond donors (Lipinski definition) is 6. The first kappa shape index (κ1) is 22.5. The molecule has 1 fully saturated rings. The summed E-state index contributed by atoms with van der Waals surface area (Å²) in [5.41, 5.74) is 10.2. The minimum atomic E-state index is -1.01. The van der Waals surface area contributed by atoms with Crippen LogP contribution >= 0.6 is 0 Å². The van der Waals surface area contributed by atoms with Crippen LogP contribution in [0.5, 0.6) is 0 Å². The standard InChI is InChI=1S/C23H27N5O3/c24-13-21(23(30)28-31)27-22(29)19-9-7-17(8-10-19)2-1-16-3-5-18(6-4-16)14-26-20-11-12-25-15-20/h3-10,20-21,25-26,31H,11-15,24H2,(H,27,29)(H,28,30)/t20?,21-/m0/s1. The van der Waals surface area contributed by atoms with E-state index in [9.17, 15) is 9.59 Å². The number of amides is 2.